The van der Waals surface area contributed by atoms with Crippen LogP contribution < -0.4 is 25.4 Å². The SMILES string of the molecule is C=CCOc1ccc(OC)cc1P(=O)(c1ccccc1)c1ccccc1. The molecular formula is C22H21O3P. The van der Waals surface area contributed by atoms with E-state index in [4.69, 9.17) is 9.47 Å². The lowest BCUT2D eigenvalue weighted by Crippen LogP contribution is -2.26. The molecule has 26 heavy (non-hydrogen) atoms. The fourth-order valence-electron chi connectivity index (χ4n) is 2.84. The first kappa shape index (κ1) is 18.0. The summed E-state index contributed by atoms with van der Waals surface area (Å²) < 4.78 is 25.7. The third-order valence-electron chi connectivity index (χ3n) is 4.10. The Bertz CT molecular complexity index is 877. The van der Waals surface area contributed by atoms with Gasteiger partial charge in [0.25, 0.3) is 0 Å². The molecule has 0 unspecified atom stereocenters. The molecule has 3 rings (SSSR count). The van der Waals surface area contributed by atoms with Crippen molar-refractivity contribution in [2.24, 2.45) is 0 Å². The van der Waals surface area contributed by atoms with Crippen LogP contribution in [0.4, 0.5) is 0 Å². The van der Waals surface area contributed by atoms with Crippen molar-refractivity contribution in [3.05, 3.63) is 91.5 Å². The zero-order valence-corrected chi connectivity index (χ0v) is 15.6. The Morgan fingerprint density at radius 1 is 0.923 bits per heavy atom. The summed E-state index contributed by atoms with van der Waals surface area (Å²) in [5.41, 5.74) is 0. The van der Waals surface area contributed by atoms with E-state index in [1.165, 1.54) is 0 Å². The lowest BCUT2D eigenvalue weighted by molar-refractivity contribution is 0.364. The summed E-state index contributed by atoms with van der Waals surface area (Å²) in [5, 5.41) is 2.13. The first-order valence-corrected chi connectivity index (χ1v) is 10.0. The van der Waals surface area contributed by atoms with E-state index in [0.29, 0.717) is 23.4 Å². The third kappa shape index (κ3) is 3.44. The van der Waals surface area contributed by atoms with E-state index in [1.807, 2.05) is 66.7 Å². The highest BCUT2D eigenvalue weighted by Gasteiger charge is 2.33. The van der Waals surface area contributed by atoms with E-state index in [2.05, 4.69) is 6.58 Å². The summed E-state index contributed by atoms with van der Waals surface area (Å²) in [6.45, 7) is 4.04. The molecule has 0 fully saturated rings. The fourth-order valence-corrected chi connectivity index (χ4v) is 5.64. The quantitative estimate of drug-likeness (QED) is 0.471. The van der Waals surface area contributed by atoms with E-state index < -0.39 is 7.14 Å². The Kier molecular flexibility index (Phi) is 5.60. The van der Waals surface area contributed by atoms with Gasteiger partial charge in [-0.25, -0.2) is 0 Å². The molecule has 0 radical (unpaired) electrons. The summed E-state index contributed by atoms with van der Waals surface area (Å²) in [6, 6.07) is 24.4. The van der Waals surface area contributed by atoms with Gasteiger partial charge >= 0.3 is 0 Å². The average Bonchev–Trinajstić information content (AvgIpc) is 2.72. The molecule has 0 atom stereocenters. The van der Waals surface area contributed by atoms with Crippen LogP contribution in [0.1, 0.15) is 0 Å². The molecule has 0 saturated heterocycles. The van der Waals surface area contributed by atoms with Gasteiger partial charge in [0.05, 0.1) is 12.4 Å². The lowest BCUT2D eigenvalue weighted by atomic mass is 10.3. The van der Waals surface area contributed by atoms with Crippen molar-refractivity contribution >= 4 is 23.1 Å². The van der Waals surface area contributed by atoms with Crippen LogP contribution in [0.5, 0.6) is 11.5 Å². The minimum Gasteiger partial charge on any atom is -0.497 e. The van der Waals surface area contributed by atoms with Gasteiger partial charge in [0.2, 0.25) is 0 Å². The minimum atomic E-state index is -3.13. The van der Waals surface area contributed by atoms with Crippen LogP contribution in [0.2, 0.25) is 0 Å². The minimum absolute atomic E-state index is 0.336. The smallest absolute Gasteiger partial charge is 0.174 e. The maximum absolute atomic E-state index is 14.5. The van der Waals surface area contributed by atoms with Gasteiger partial charge in [0.1, 0.15) is 18.1 Å². The molecule has 0 heterocycles. The highest BCUT2D eigenvalue weighted by atomic mass is 31.2. The number of benzene rings is 3. The fraction of sp³-hybridized carbons (Fsp3) is 0.0909. The van der Waals surface area contributed by atoms with E-state index in [-0.39, 0.29) is 0 Å². The Morgan fingerprint density at radius 3 is 2.00 bits per heavy atom. The van der Waals surface area contributed by atoms with Gasteiger partial charge in [-0.05, 0) is 18.2 Å². The molecular weight excluding hydrogens is 343 g/mol. The molecule has 0 bridgehead atoms. The number of rotatable bonds is 7. The zero-order chi connectivity index (χ0) is 18.4. The maximum atomic E-state index is 14.5. The summed E-state index contributed by atoms with van der Waals surface area (Å²) in [5.74, 6) is 1.21. The van der Waals surface area contributed by atoms with Gasteiger partial charge in [-0.3, -0.25) is 0 Å². The number of methoxy groups -OCH3 is 1. The van der Waals surface area contributed by atoms with Crippen LogP contribution in [0.25, 0.3) is 0 Å². The molecule has 132 valence electrons. The summed E-state index contributed by atoms with van der Waals surface area (Å²) in [4.78, 5) is 0. The highest BCUT2D eigenvalue weighted by molar-refractivity contribution is 7.85. The second-order valence-corrected chi connectivity index (χ2v) is 8.45. The van der Waals surface area contributed by atoms with Crippen molar-refractivity contribution < 1.29 is 14.0 Å². The van der Waals surface area contributed by atoms with Gasteiger partial charge in [0, 0.05) is 10.6 Å². The second-order valence-electron chi connectivity index (χ2n) is 5.71. The van der Waals surface area contributed by atoms with Crippen molar-refractivity contribution in [3.63, 3.8) is 0 Å². The highest BCUT2D eigenvalue weighted by Crippen LogP contribution is 2.45. The molecule has 3 nitrogen and oxygen atoms in total. The lowest BCUT2D eigenvalue weighted by Gasteiger charge is -2.23. The van der Waals surface area contributed by atoms with E-state index in [9.17, 15) is 4.57 Å². The Balaban J connectivity index is 2.29. The van der Waals surface area contributed by atoms with Crippen molar-refractivity contribution in [3.8, 4) is 11.5 Å². The predicted octanol–water partition coefficient (Wildman–Crippen LogP) is 3.90. The summed E-state index contributed by atoms with van der Waals surface area (Å²) >= 11 is 0. The van der Waals surface area contributed by atoms with Gasteiger partial charge in [-0.1, -0.05) is 73.3 Å². The third-order valence-corrected chi connectivity index (χ3v) is 7.18. The van der Waals surface area contributed by atoms with Crippen molar-refractivity contribution in [2.45, 2.75) is 0 Å². The Morgan fingerprint density at radius 2 is 1.50 bits per heavy atom. The molecule has 4 heteroatoms. The molecule has 3 aromatic rings. The molecule has 0 aliphatic rings. The van der Waals surface area contributed by atoms with Gasteiger partial charge in [0.15, 0.2) is 7.14 Å². The topological polar surface area (TPSA) is 35.5 Å². The number of ether oxygens (including phenoxy) is 2. The van der Waals surface area contributed by atoms with Crippen molar-refractivity contribution in [2.75, 3.05) is 13.7 Å². The molecule has 0 spiro atoms. The molecule has 0 aliphatic heterocycles. The molecule has 3 aromatic carbocycles. The average molecular weight is 364 g/mol. The first-order chi connectivity index (χ1) is 12.7. The van der Waals surface area contributed by atoms with E-state index in [0.717, 1.165) is 10.6 Å². The Labute approximate surface area is 154 Å². The van der Waals surface area contributed by atoms with Crippen LogP contribution in [0.15, 0.2) is 91.5 Å². The van der Waals surface area contributed by atoms with Gasteiger partial charge in [-0.2, -0.15) is 0 Å². The molecule has 0 amide bonds. The standard InChI is InChI=1S/C22H21O3P/c1-3-16-25-21-15-14-18(24-2)17-22(21)26(23,19-10-6-4-7-11-19)20-12-8-5-9-13-20/h3-15,17H,1,16H2,2H3. The van der Waals surface area contributed by atoms with Crippen molar-refractivity contribution in [1.82, 2.24) is 0 Å². The number of hydrogen-bond acceptors (Lipinski definition) is 3. The molecule has 0 N–H and O–H groups in total. The van der Waals surface area contributed by atoms with Gasteiger partial charge in [-0.15, -0.1) is 0 Å². The normalized spacial score (nSPS) is 11.0. The molecule has 0 aliphatic carbocycles. The van der Waals surface area contributed by atoms with Crippen molar-refractivity contribution in [1.29, 1.82) is 0 Å². The van der Waals surface area contributed by atoms with Gasteiger partial charge < -0.3 is 14.0 Å². The van der Waals surface area contributed by atoms with Crippen LogP contribution in [-0.4, -0.2) is 13.7 Å². The maximum Gasteiger partial charge on any atom is 0.174 e. The molecule has 0 aromatic heterocycles. The van der Waals surface area contributed by atoms with Crippen LogP contribution in [0, 0.1) is 0 Å². The first-order valence-electron chi connectivity index (χ1n) is 8.33. The summed E-state index contributed by atoms with van der Waals surface area (Å²) in [6.07, 6.45) is 1.67. The van der Waals surface area contributed by atoms with Crippen LogP contribution in [0.3, 0.4) is 0 Å². The van der Waals surface area contributed by atoms with E-state index >= 15 is 0 Å². The monoisotopic (exact) mass is 364 g/mol. The molecule has 0 saturated carbocycles. The Hall–Kier alpha value is -2.77. The van der Waals surface area contributed by atoms with Crippen LogP contribution >= 0.6 is 7.14 Å². The zero-order valence-electron chi connectivity index (χ0n) is 14.7. The predicted molar refractivity (Wildman–Crippen MR) is 108 cm³/mol. The largest absolute Gasteiger partial charge is 0.497 e. The second kappa shape index (κ2) is 8.07. The number of hydrogen-bond donors (Lipinski definition) is 0. The summed E-state index contributed by atoms with van der Waals surface area (Å²) in [7, 11) is -1.54. The van der Waals surface area contributed by atoms with E-state index in [1.54, 1.807) is 25.3 Å². The van der Waals surface area contributed by atoms with Crippen LogP contribution in [-0.2, 0) is 4.57 Å².